The van der Waals surface area contributed by atoms with E-state index in [1.807, 2.05) is 49.6 Å². The van der Waals surface area contributed by atoms with Gasteiger partial charge in [-0.15, -0.1) is 0 Å². The highest BCUT2D eigenvalue weighted by molar-refractivity contribution is 5.80. The number of hydrogen-bond donors (Lipinski definition) is 1. The first-order valence-electron chi connectivity index (χ1n) is 9.05. The second kappa shape index (κ2) is 5.68. The molecule has 0 radical (unpaired) electrons. The van der Waals surface area contributed by atoms with Crippen LogP contribution in [-0.2, 0) is 6.42 Å². The summed E-state index contributed by atoms with van der Waals surface area (Å²) in [4.78, 5) is 8.04. The summed E-state index contributed by atoms with van der Waals surface area (Å²) in [6, 6.07) is 18.7. The Morgan fingerprint density at radius 2 is 1.93 bits per heavy atom. The summed E-state index contributed by atoms with van der Waals surface area (Å²) >= 11 is 0. The molecule has 0 bridgehead atoms. The van der Waals surface area contributed by atoms with Gasteiger partial charge in [-0.2, -0.15) is 9.66 Å². The van der Waals surface area contributed by atoms with E-state index >= 15 is 0 Å². The highest BCUT2D eigenvalue weighted by Crippen LogP contribution is 2.27. The molecule has 0 saturated heterocycles. The number of hydrogen-bond acceptors (Lipinski definition) is 2. The summed E-state index contributed by atoms with van der Waals surface area (Å²) in [5.74, 6) is 1.04. The van der Waals surface area contributed by atoms with Gasteiger partial charge in [0.25, 0.3) is 0 Å². The van der Waals surface area contributed by atoms with E-state index in [2.05, 4.69) is 44.1 Å². The van der Waals surface area contributed by atoms with Crippen LogP contribution in [0.1, 0.15) is 23.6 Å². The highest BCUT2D eigenvalue weighted by atomic mass is 15.2. The van der Waals surface area contributed by atoms with Gasteiger partial charge in [-0.1, -0.05) is 31.2 Å². The first-order valence-corrected chi connectivity index (χ1v) is 9.05. The van der Waals surface area contributed by atoms with Gasteiger partial charge in [-0.3, -0.25) is 4.98 Å². The summed E-state index contributed by atoms with van der Waals surface area (Å²) < 4.78 is 4.30. The van der Waals surface area contributed by atoms with E-state index in [1.54, 1.807) is 0 Å². The summed E-state index contributed by atoms with van der Waals surface area (Å²) in [6.45, 7) is 4.17. The van der Waals surface area contributed by atoms with Crippen molar-refractivity contribution in [2.75, 3.05) is 0 Å². The Bertz CT molecular complexity index is 1380. The van der Waals surface area contributed by atoms with Crippen LogP contribution in [0.2, 0.25) is 0 Å². The number of fused-ring (bicyclic) bond motifs is 4. The molecule has 0 saturated carbocycles. The van der Waals surface area contributed by atoms with Gasteiger partial charge in [0.15, 0.2) is 6.33 Å². The standard InChI is InChI=1S/C22H17N5/c1-3-15-14(2)16(12-23)21-25-18-9-5-7-11-20(18)27(21)22(15)26-13-24-17-8-4-6-10-19(17)26/h4-11,13H,3H2,1-2H3/p+1. The molecule has 3 aromatic heterocycles. The molecule has 5 aromatic rings. The van der Waals surface area contributed by atoms with Crippen molar-refractivity contribution in [1.29, 1.82) is 5.26 Å². The minimum absolute atomic E-state index is 0.691. The molecule has 0 atom stereocenters. The highest BCUT2D eigenvalue weighted by Gasteiger charge is 2.27. The Morgan fingerprint density at radius 1 is 1.15 bits per heavy atom. The van der Waals surface area contributed by atoms with Gasteiger partial charge in [-0.25, -0.2) is 9.55 Å². The Balaban J connectivity index is 2.07. The maximum Gasteiger partial charge on any atom is 0.250 e. The van der Waals surface area contributed by atoms with Crippen LogP contribution in [0, 0.1) is 18.3 Å². The van der Waals surface area contributed by atoms with Gasteiger partial charge >= 0.3 is 0 Å². The molecule has 0 aliphatic rings. The van der Waals surface area contributed by atoms with E-state index in [0.717, 1.165) is 51.1 Å². The van der Waals surface area contributed by atoms with E-state index in [-0.39, 0.29) is 0 Å². The van der Waals surface area contributed by atoms with Crippen LogP contribution < -0.4 is 4.40 Å². The van der Waals surface area contributed by atoms with Crippen LogP contribution in [0.15, 0.2) is 54.9 Å². The Morgan fingerprint density at radius 3 is 2.74 bits per heavy atom. The van der Waals surface area contributed by atoms with Crippen LogP contribution in [0.25, 0.3) is 33.5 Å². The van der Waals surface area contributed by atoms with Crippen molar-refractivity contribution in [3.8, 4) is 11.9 Å². The number of pyridine rings is 1. The third-order valence-electron chi connectivity index (χ3n) is 5.31. The second-order valence-corrected chi connectivity index (χ2v) is 6.70. The Kier molecular flexibility index (Phi) is 3.28. The minimum atomic E-state index is 0.691. The zero-order chi connectivity index (χ0) is 18.5. The fourth-order valence-corrected chi connectivity index (χ4v) is 4.04. The average Bonchev–Trinajstić information content (AvgIpc) is 3.29. The quantitative estimate of drug-likeness (QED) is 0.488. The molecule has 1 N–H and O–H groups in total. The molecule has 130 valence electrons. The average molecular weight is 352 g/mol. The molecular weight excluding hydrogens is 334 g/mol. The third kappa shape index (κ3) is 2.04. The zero-order valence-electron chi connectivity index (χ0n) is 15.2. The summed E-state index contributed by atoms with van der Waals surface area (Å²) in [6.07, 6.45) is 2.70. The van der Waals surface area contributed by atoms with Crippen molar-refractivity contribution in [2.45, 2.75) is 20.3 Å². The van der Waals surface area contributed by atoms with Gasteiger partial charge in [-0.05, 0) is 43.2 Å². The number of nitrogens with one attached hydrogen (secondary N) is 1. The lowest BCUT2D eigenvalue weighted by molar-refractivity contribution is -0.476. The van der Waals surface area contributed by atoms with Gasteiger partial charge in [0.05, 0.1) is 0 Å². The van der Waals surface area contributed by atoms with Crippen LogP contribution in [-0.4, -0.2) is 14.5 Å². The van der Waals surface area contributed by atoms with E-state index < -0.39 is 0 Å². The van der Waals surface area contributed by atoms with E-state index in [0.29, 0.717) is 5.56 Å². The molecule has 27 heavy (non-hydrogen) atoms. The van der Waals surface area contributed by atoms with Crippen LogP contribution in [0.3, 0.4) is 0 Å². The number of rotatable bonds is 2. The third-order valence-corrected chi connectivity index (χ3v) is 5.31. The van der Waals surface area contributed by atoms with Gasteiger partial charge < -0.3 is 0 Å². The SMILES string of the molecule is CCc1c(C)c(C#N)c2[nH]c3ccccc3[n+]2c1-n1cnc2ccccc21. The molecule has 0 aliphatic carbocycles. The van der Waals surface area contributed by atoms with E-state index in [4.69, 9.17) is 0 Å². The number of nitriles is 1. The summed E-state index contributed by atoms with van der Waals surface area (Å²) in [7, 11) is 0. The summed E-state index contributed by atoms with van der Waals surface area (Å²) in [5, 5.41) is 9.85. The number of imidazole rings is 2. The fourth-order valence-electron chi connectivity index (χ4n) is 4.04. The number of nitrogens with zero attached hydrogens (tertiary/aromatic N) is 4. The first kappa shape index (κ1) is 15.6. The maximum absolute atomic E-state index is 9.85. The monoisotopic (exact) mass is 352 g/mol. The van der Waals surface area contributed by atoms with Gasteiger partial charge in [0.1, 0.15) is 33.7 Å². The number of aromatic nitrogens is 4. The number of H-pyrrole nitrogens is 1. The molecule has 5 nitrogen and oxygen atoms in total. The van der Waals surface area contributed by atoms with Crippen LogP contribution in [0.4, 0.5) is 0 Å². The lowest BCUT2D eigenvalue weighted by atomic mass is 10.0. The van der Waals surface area contributed by atoms with E-state index in [1.165, 1.54) is 0 Å². The topological polar surface area (TPSA) is 61.5 Å². The van der Waals surface area contributed by atoms with Crippen molar-refractivity contribution >= 4 is 27.7 Å². The lowest BCUT2D eigenvalue weighted by Gasteiger charge is -2.12. The van der Waals surface area contributed by atoms with Gasteiger partial charge in [0.2, 0.25) is 11.5 Å². The van der Waals surface area contributed by atoms with Crippen molar-refractivity contribution in [3.63, 3.8) is 0 Å². The van der Waals surface area contributed by atoms with Crippen LogP contribution in [0.5, 0.6) is 0 Å². The largest absolute Gasteiger partial charge is 0.269 e. The minimum Gasteiger partial charge on any atom is -0.269 e. The molecule has 5 heteroatoms. The molecule has 0 fully saturated rings. The molecule has 5 rings (SSSR count). The van der Waals surface area contributed by atoms with Crippen molar-refractivity contribution in [2.24, 2.45) is 0 Å². The predicted octanol–water partition coefficient (Wildman–Crippen LogP) is 3.99. The summed E-state index contributed by atoms with van der Waals surface area (Å²) in [5.41, 5.74) is 7.73. The molecule has 0 amide bonds. The molecule has 0 unspecified atom stereocenters. The normalized spacial score (nSPS) is 11.4. The molecule has 0 spiro atoms. The molecule has 0 aliphatic heterocycles. The van der Waals surface area contributed by atoms with E-state index in [9.17, 15) is 5.26 Å². The molecule has 3 heterocycles. The first-order chi connectivity index (χ1) is 13.2. The van der Waals surface area contributed by atoms with Gasteiger partial charge in [0, 0.05) is 5.56 Å². The fraction of sp³-hybridized carbons (Fsp3) is 0.136. The lowest BCUT2D eigenvalue weighted by Crippen LogP contribution is -2.31. The predicted molar refractivity (Wildman–Crippen MR) is 105 cm³/mol. The zero-order valence-corrected chi connectivity index (χ0v) is 15.2. The Labute approximate surface area is 156 Å². The number of para-hydroxylation sites is 4. The Hall–Kier alpha value is -3.65. The van der Waals surface area contributed by atoms with Crippen molar-refractivity contribution in [1.82, 2.24) is 14.5 Å². The van der Waals surface area contributed by atoms with Crippen molar-refractivity contribution in [3.05, 3.63) is 71.5 Å². The van der Waals surface area contributed by atoms with Crippen molar-refractivity contribution < 1.29 is 4.40 Å². The van der Waals surface area contributed by atoms with Crippen LogP contribution >= 0.6 is 0 Å². The molecular formula is C22H18N5+. The molecule has 2 aromatic carbocycles. The maximum atomic E-state index is 9.85. The smallest absolute Gasteiger partial charge is 0.250 e. The number of aromatic amines is 1. The second-order valence-electron chi connectivity index (χ2n) is 6.70. The number of benzene rings is 2.